The maximum Gasteiger partial charge on any atom is 0.326 e. The maximum absolute atomic E-state index is 11.5. The van der Waals surface area contributed by atoms with Crippen molar-refractivity contribution < 1.29 is 14.3 Å². The third-order valence-corrected chi connectivity index (χ3v) is 4.44. The first-order chi connectivity index (χ1) is 11.5. The fraction of sp³-hybridized carbons (Fsp3) is 0.0588. The summed E-state index contributed by atoms with van der Waals surface area (Å²) in [5, 5.41) is 4.61. The highest BCUT2D eigenvalue weighted by Gasteiger charge is 2.22. The Morgan fingerprint density at radius 3 is 2.38 bits per heavy atom. The normalized spacial score (nSPS) is 15.3. The number of hydrogen-bond acceptors (Lipinski definition) is 3. The monoisotopic (exact) mass is 450 g/mol. The predicted octanol–water partition coefficient (Wildman–Crippen LogP) is 3.97. The van der Waals surface area contributed by atoms with Crippen LogP contribution in [0.15, 0.2) is 57.1 Å². The molecule has 2 N–H and O–H groups in total. The van der Waals surface area contributed by atoms with Crippen molar-refractivity contribution in [2.45, 2.75) is 6.61 Å². The molecule has 3 amide bonds. The molecule has 5 nitrogen and oxygen atoms in total. The second-order valence-corrected chi connectivity index (χ2v) is 6.84. The number of imide groups is 1. The zero-order chi connectivity index (χ0) is 17.1. The van der Waals surface area contributed by atoms with Crippen molar-refractivity contribution in [3.63, 3.8) is 0 Å². The van der Waals surface area contributed by atoms with E-state index in [0.717, 1.165) is 20.1 Å². The van der Waals surface area contributed by atoms with Crippen molar-refractivity contribution in [3.05, 3.63) is 68.2 Å². The fourth-order valence-electron chi connectivity index (χ4n) is 2.11. The number of hydrogen-bond donors (Lipinski definition) is 2. The molecule has 0 radical (unpaired) electrons. The van der Waals surface area contributed by atoms with E-state index in [0.29, 0.717) is 12.4 Å². The van der Waals surface area contributed by atoms with Gasteiger partial charge < -0.3 is 10.1 Å². The van der Waals surface area contributed by atoms with E-state index >= 15 is 0 Å². The predicted molar refractivity (Wildman–Crippen MR) is 97.3 cm³/mol. The summed E-state index contributed by atoms with van der Waals surface area (Å²) in [6.45, 7) is 0.449. The molecule has 0 bridgehead atoms. The summed E-state index contributed by atoms with van der Waals surface area (Å²) in [7, 11) is 0. The van der Waals surface area contributed by atoms with E-state index in [1.165, 1.54) is 0 Å². The molecule has 122 valence electrons. The van der Waals surface area contributed by atoms with E-state index in [4.69, 9.17) is 4.74 Å². The molecule has 1 saturated heterocycles. The second kappa shape index (κ2) is 7.19. The Morgan fingerprint density at radius 1 is 1.00 bits per heavy atom. The zero-order valence-electron chi connectivity index (χ0n) is 12.3. The molecule has 0 aliphatic carbocycles. The summed E-state index contributed by atoms with van der Waals surface area (Å²) in [4.78, 5) is 22.6. The van der Waals surface area contributed by atoms with Gasteiger partial charge in [0.15, 0.2) is 0 Å². The molecule has 3 rings (SSSR count). The van der Waals surface area contributed by atoms with Crippen molar-refractivity contribution in [2.75, 3.05) is 0 Å². The standard InChI is InChI=1S/C17H12Br2N2O3/c18-12-4-1-10(2-5-12)9-24-15-6-3-11(7-13(15)19)8-14-16(22)21-17(23)20-14/h1-8H,9H2,(H2,20,21,22,23)/b14-8+. The Morgan fingerprint density at radius 2 is 1.75 bits per heavy atom. The lowest BCUT2D eigenvalue weighted by Gasteiger charge is -2.09. The molecule has 1 fully saturated rings. The molecule has 2 aromatic carbocycles. The molecule has 7 heteroatoms. The molecule has 1 heterocycles. The SMILES string of the molecule is O=C1NC(=O)/C(=C\c2ccc(OCc3ccc(Br)cc3)c(Br)c2)N1. The minimum Gasteiger partial charge on any atom is -0.488 e. The van der Waals surface area contributed by atoms with E-state index in [1.807, 2.05) is 42.5 Å². The Labute approximate surface area is 155 Å². The van der Waals surface area contributed by atoms with Gasteiger partial charge in [-0.25, -0.2) is 4.79 Å². The zero-order valence-corrected chi connectivity index (χ0v) is 15.5. The summed E-state index contributed by atoms with van der Waals surface area (Å²) in [5.74, 6) is 0.256. The van der Waals surface area contributed by atoms with Crippen LogP contribution in [0.25, 0.3) is 6.08 Å². The van der Waals surface area contributed by atoms with Gasteiger partial charge in [0.1, 0.15) is 18.1 Å². The lowest BCUT2D eigenvalue weighted by Crippen LogP contribution is -2.22. The van der Waals surface area contributed by atoms with Crippen LogP contribution in [0.2, 0.25) is 0 Å². The minimum atomic E-state index is -0.514. The van der Waals surface area contributed by atoms with Crippen LogP contribution in [-0.2, 0) is 11.4 Å². The Bertz CT molecular complexity index is 832. The summed E-state index contributed by atoms with van der Waals surface area (Å²) >= 11 is 6.86. The number of carbonyl (C=O) groups excluding carboxylic acids is 2. The molecular weight excluding hydrogens is 440 g/mol. The molecule has 0 spiro atoms. The average molecular weight is 452 g/mol. The van der Waals surface area contributed by atoms with Crippen LogP contribution < -0.4 is 15.4 Å². The summed E-state index contributed by atoms with van der Waals surface area (Å²) < 4.78 is 7.58. The van der Waals surface area contributed by atoms with Gasteiger partial charge in [-0.15, -0.1) is 0 Å². The van der Waals surface area contributed by atoms with Gasteiger partial charge in [0.25, 0.3) is 5.91 Å². The maximum atomic E-state index is 11.5. The van der Waals surface area contributed by atoms with E-state index in [-0.39, 0.29) is 5.70 Å². The van der Waals surface area contributed by atoms with Gasteiger partial charge in [-0.3, -0.25) is 10.1 Å². The van der Waals surface area contributed by atoms with Gasteiger partial charge in [-0.2, -0.15) is 0 Å². The van der Waals surface area contributed by atoms with Crippen molar-refractivity contribution >= 4 is 49.9 Å². The number of nitrogens with one attached hydrogen (secondary N) is 2. The number of urea groups is 1. The first kappa shape index (κ1) is 16.7. The van der Waals surface area contributed by atoms with Gasteiger partial charge in [0.05, 0.1) is 4.47 Å². The molecule has 1 aliphatic rings. The summed E-state index contributed by atoms with van der Waals surface area (Å²) in [6, 6.07) is 12.8. The third kappa shape index (κ3) is 4.04. The molecule has 0 aromatic heterocycles. The van der Waals surface area contributed by atoms with Crippen LogP contribution in [0.3, 0.4) is 0 Å². The van der Waals surface area contributed by atoms with Crippen molar-refractivity contribution in [2.24, 2.45) is 0 Å². The number of amides is 3. The quantitative estimate of drug-likeness (QED) is 0.545. The molecule has 0 saturated carbocycles. The molecule has 0 unspecified atom stereocenters. The number of halogens is 2. The highest BCUT2D eigenvalue weighted by Crippen LogP contribution is 2.28. The lowest BCUT2D eigenvalue weighted by molar-refractivity contribution is -0.115. The number of rotatable bonds is 4. The van der Waals surface area contributed by atoms with E-state index in [2.05, 4.69) is 42.5 Å². The van der Waals surface area contributed by atoms with Gasteiger partial charge in [0, 0.05) is 4.47 Å². The highest BCUT2D eigenvalue weighted by atomic mass is 79.9. The third-order valence-electron chi connectivity index (χ3n) is 3.29. The molecule has 1 aliphatic heterocycles. The first-order valence-corrected chi connectivity index (χ1v) is 8.61. The minimum absolute atomic E-state index is 0.218. The summed E-state index contributed by atoms with van der Waals surface area (Å²) in [6.07, 6.45) is 1.60. The first-order valence-electron chi connectivity index (χ1n) is 7.02. The number of ether oxygens (including phenoxy) is 1. The van der Waals surface area contributed by atoms with Crippen molar-refractivity contribution in [1.82, 2.24) is 10.6 Å². The molecule has 0 atom stereocenters. The van der Waals surface area contributed by atoms with Crippen LogP contribution in [0.1, 0.15) is 11.1 Å². The average Bonchev–Trinajstić information content (AvgIpc) is 2.86. The van der Waals surface area contributed by atoms with Crippen LogP contribution >= 0.6 is 31.9 Å². The van der Waals surface area contributed by atoms with Gasteiger partial charge in [-0.05, 0) is 57.4 Å². The number of carbonyl (C=O) groups is 2. The lowest BCUT2D eigenvalue weighted by atomic mass is 10.2. The van der Waals surface area contributed by atoms with Gasteiger partial charge in [0.2, 0.25) is 0 Å². The molecule has 2 aromatic rings. The van der Waals surface area contributed by atoms with Crippen LogP contribution in [0.5, 0.6) is 5.75 Å². The van der Waals surface area contributed by atoms with Crippen LogP contribution in [0, 0.1) is 0 Å². The smallest absolute Gasteiger partial charge is 0.326 e. The van der Waals surface area contributed by atoms with E-state index < -0.39 is 11.9 Å². The highest BCUT2D eigenvalue weighted by molar-refractivity contribution is 9.10. The Balaban J connectivity index is 1.70. The molecule has 24 heavy (non-hydrogen) atoms. The van der Waals surface area contributed by atoms with Crippen molar-refractivity contribution in [1.29, 1.82) is 0 Å². The fourth-order valence-corrected chi connectivity index (χ4v) is 2.89. The number of benzene rings is 2. The summed E-state index contributed by atoms with van der Waals surface area (Å²) in [5.41, 5.74) is 2.04. The largest absolute Gasteiger partial charge is 0.488 e. The topological polar surface area (TPSA) is 67.4 Å². The van der Waals surface area contributed by atoms with Crippen molar-refractivity contribution in [3.8, 4) is 5.75 Å². The van der Waals surface area contributed by atoms with Gasteiger partial charge >= 0.3 is 6.03 Å². The molecular formula is C17H12Br2N2O3. The second-order valence-electron chi connectivity index (χ2n) is 5.07. The van der Waals surface area contributed by atoms with Crippen LogP contribution in [0.4, 0.5) is 4.79 Å². The van der Waals surface area contributed by atoms with Gasteiger partial charge in [-0.1, -0.05) is 34.1 Å². The van der Waals surface area contributed by atoms with E-state index in [1.54, 1.807) is 6.08 Å². The Kier molecular flexibility index (Phi) is 5.01. The van der Waals surface area contributed by atoms with E-state index in [9.17, 15) is 9.59 Å². The van der Waals surface area contributed by atoms with Crippen LogP contribution in [-0.4, -0.2) is 11.9 Å². The Hall–Kier alpha value is -2.12.